The SMILES string of the molecule is CC(C)C(C)C.c1cn[nH]c1. The van der Waals surface area contributed by atoms with E-state index in [-0.39, 0.29) is 0 Å². The van der Waals surface area contributed by atoms with Gasteiger partial charge in [-0.1, -0.05) is 27.7 Å². The number of nitrogens with zero attached hydrogens (tertiary/aromatic N) is 1. The van der Waals surface area contributed by atoms with Crippen LogP contribution >= 0.6 is 0 Å². The van der Waals surface area contributed by atoms with Gasteiger partial charge in [-0.15, -0.1) is 0 Å². The third kappa shape index (κ3) is 7.10. The Morgan fingerprint density at radius 3 is 1.73 bits per heavy atom. The molecular formula is C9H18N2. The number of nitrogens with one attached hydrogen (secondary N) is 1. The van der Waals surface area contributed by atoms with Crippen molar-refractivity contribution >= 4 is 0 Å². The molecule has 0 saturated carbocycles. The van der Waals surface area contributed by atoms with Crippen molar-refractivity contribution in [3.8, 4) is 0 Å². The number of H-pyrrole nitrogens is 1. The standard InChI is InChI=1S/C6H14.C3H4N2/c1-5(2)6(3)4;1-2-4-5-3-1/h5-6H,1-4H3;1-3H,(H,4,5). The van der Waals surface area contributed by atoms with Gasteiger partial charge in [0, 0.05) is 12.4 Å². The second-order valence-electron chi connectivity index (χ2n) is 3.25. The van der Waals surface area contributed by atoms with Crippen LogP contribution in [0.15, 0.2) is 18.5 Å². The predicted octanol–water partition coefficient (Wildman–Crippen LogP) is 2.71. The molecule has 1 rings (SSSR count). The van der Waals surface area contributed by atoms with E-state index in [1.165, 1.54) is 0 Å². The van der Waals surface area contributed by atoms with Crippen LogP contribution in [-0.4, -0.2) is 10.2 Å². The van der Waals surface area contributed by atoms with Crippen molar-refractivity contribution in [2.24, 2.45) is 11.8 Å². The Hall–Kier alpha value is -0.790. The molecule has 0 spiro atoms. The van der Waals surface area contributed by atoms with E-state index in [1.54, 1.807) is 12.4 Å². The molecule has 0 aliphatic rings. The van der Waals surface area contributed by atoms with Crippen molar-refractivity contribution in [3.63, 3.8) is 0 Å². The van der Waals surface area contributed by atoms with Crippen LogP contribution in [0.5, 0.6) is 0 Å². The lowest BCUT2D eigenvalue weighted by molar-refractivity contribution is 0.457. The summed E-state index contributed by atoms with van der Waals surface area (Å²) in [7, 11) is 0. The van der Waals surface area contributed by atoms with Gasteiger partial charge in [-0.25, -0.2) is 0 Å². The molecule has 0 saturated heterocycles. The monoisotopic (exact) mass is 154 g/mol. The predicted molar refractivity (Wildman–Crippen MR) is 48.3 cm³/mol. The van der Waals surface area contributed by atoms with Gasteiger partial charge in [0.15, 0.2) is 0 Å². The molecule has 1 N–H and O–H groups in total. The van der Waals surface area contributed by atoms with Crippen molar-refractivity contribution in [1.29, 1.82) is 0 Å². The Labute approximate surface area is 69.0 Å². The van der Waals surface area contributed by atoms with E-state index in [9.17, 15) is 0 Å². The van der Waals surface area contributed by atoms with Gasteiger partial charge in [0.2, 0.25) is 0 Å². The number of aromatic nitrogens is 2. The molecule has 0 aromatic carbocycles. The molecule has 0 aliphatic carbocycles. The van der Waals surface area contributed by atoms with E-state index in [2.05, 4.69) is 37.9 Å². The fourth-order valence-electron chi connectivity index (χ4n) is 0.215. The first kappa shape index (κ1) is 10.2. The highest BCUT2D eigenvalue weighted by Gasteiger charge is 1.95. The Morgan fingerprint density at radius 2 is 1.64 bits per heavy atom. The molecule has 0 amide bonds. The Bertz CT molecular complexity index is 119. The summed E-state index contributed by atoms with van der Waals surface area (Å²) in [6.07, 6.45) is 3.46. The second kappa shape index (κ2) is 5.96. The molecule has 2 heteroatoms. The highest BCUT2D eigenvalue weighted by Crippen LogP contribution is 2.05. The third-order valence-corrected chi connectivity index (χ3v) is 1.74. The van der Waals surface area contributed by atoms with Crippen LogP contribution in [0.2, 0.25) is 0 Å². The van der Waals surface area contributed by atoms with Crippen molar-refractivity contribution in [1.82, 2.24) is 10.2 Å². The van der Waals surface area contributed by atoms with Crippen LogP contribution in [0.3, 0.4) is 0 Å². The minimum absolute atomic E-state index is 0.852. The summed E-state index contributed by atoms with van der Waals surface area (Å²) in [5.74, 6) is 1.70. The molecule has 0 atom stereocenters. The molecule has 0 unspecified atom stereocenters. The third-order valence-electron chi connectivity index (χ3n) is 1.74. The maximum atomic E-state index is 3.60. The Balaban J connectivity index is 0.000000183. The van der Waals surface area contributed by atoms with Gasteiger partial charge in [-0.3, -0.25) is 5.10 Å². The van der Waals surface area contributed by atoms with Gasteiger partial charge in [0.05, 0.1) is 0 Å². The van der Waals surface area contributed by atoms with Gasteiger partial charge in [0.25, 0.3) is 0 Å². The van der Waals surface area contributed by atoms with Gasteiger partial charge >= 0.3 is 0 Å². The lowest BCUT2D eigenvalue weighted by atomic mass is 10.0. The minimum atomic E-state index is 0.852. The van der Waals surface area contributed by atoms with Gasteiger partial charge in [-0.05, 0) is 17.9 Å². The fraction of sp³-hybridized carbons (Fsp3) is 0.667. The molecule has 1 aromatic heterocycles. The zero-order chi connectivity index (χ0) is 8.69. The number of rotatable bonds is 1. The zero-order valence-electron chi connectivity index (χ0n) is 7.83. The maximum Gasteiger partial charge on any atom is 0.0487 e. The van der Waals surface area contributed by atoms with E-state index >= 15 is 0 Å². The number of hydrogen-bond donors (Lipinski definition) is 1. The van der Waals surface area contributed by atoms with E-state index in [1.807, 2.05) is 6.07 Å². The summed E-state index contributed by atoms with van der Waals surface area (Å²) in [6, 6.07) is 1.83. The van der Waals surface area contributed by atoms with Crippen LogP contribution in [0, 0.1) is 11.8 Å². The second-order valence-corrected chi connectivity index (χ2v) is 3.25. The lowest BCUT2D eigenvalue weighted by Gasteiger charge is -2.05. The van der Waals surface area contributed by atoms with Crippen LogP contribution in [0.4, 0.5) is 0 Å². The van der Waals surface area contributed by atoms with Crippen molar-refractivity contribution in [3.05, 3.63) is 18.5 Å². The summed E-state index contributed by atoms with van der Waals surface area (Å²) in [5.41, 5.74) is 0. The summed E-state index contributed by atoms with van der Waals surface area (Å²) >= 11 is 0. The highest BCUT2D eigenvalue weighted by molar-refractivity contribution is 4.72. The van der Waals surface area contributed by atoms with Crippen molar-refractivity contribution in [2.75, 3.05) is 0 Å². The van der Waals surface area contributed by atoms with Crippen molar-refractivity contribution < 1.29 is 0 Å². The normalized spacial score (nSPS) is 9.64. The first-order valence-electron chi connectivity index (χ1n) is 4.08. The average molecular weight is 154 g/mol. The van der Waals surface area contributed by atoms with E-state index < -0.39 is 0 Å². The van der Waals surface area contributed by atoms with Crippen LogP contribution in [0.25, 0.3) is 0 Å². The Kier molecular flexibility index (Phi) is 5.53. The molecule has 64 valence electrons. The minimum Gasteiger partial charge on any atom is -0.286 e. The summed E-state index contributed by atoms with van der Waals surface area (Å²) in [5, 5.41) is 6.21. The molecule has 11 heavy (non-hydrogen) atoms. The molecular weight excluding hydrogens is 136 g/mol. The first-order valence-corrected chi connectivity index (χ1v) is 4.08. The summed E-state index contributed by atoms with van der Waals surface area (Å²) in [4.78, 5) is 0. The summed E-state index contributed by atoms with van der Waals surface area (Å²) in [6.45, 7) is 8.96. The van der Waals surface area contributed by atoms with Gasteiger partial charge < -0.3 is 0 Å². The van der Waals surface area contributed by atoms with Gasteiger partial charge in [0.1, 0.15) is 0 Å². The van der Waals surface area contributed by atoms with Crippen LogP contribution in [0.1, 0.15) is 27.7 Å². The zero-order valence-corrected chi connectivity index (χ0v) is 7.83. The van der Waals surface area contributed by atoms with Crippen LogP contribution in [-0.2, 0) is 0 Å². The fourth-order valence-corrected chi connectivity index (χ4v) is 0.215. The average Bonchev–Trinajstić information content (AvgIpc) is 2.41. The lowest BCUT2D eigenvalue weighted by Crippen LogP contribution is -1.95. The number of aromatic amines is 1. The molecule has 0 bridgehead atoms. The van der Waals surface area contributed by atoms with Gasteiger partial charge in [-0.2, -0.15) is 5.10 Å². The summed E-state index contributed by atoms with van der Waals surface area (Å²) < 4.78 is 0. The molecule has 0 radical (unpaired) electrons. The molecule has 1 aromatic rings. The van der Waals surface area contributed by atoms with E-state index in [4.69, 9.17) is 0 Å². The quantitative estimate of drug-likeness (QED) is 0.662. The number of hydrogen-bond acceptors (Lipinski definition) is 1. The molecule has 2 nitrogen and oxygen atoms in total. The molecule has 1 heterocycles. The first-order chi connectivity index (χ1) is 5.14. The Morgan fingerprint density at radius 1 is 1.09 bits per heavy atom. The maximum absolute atomic E-state index is 3.60. The van der Waals surface area contributed by atoms with E-state index in [0.29, 0.717) is 0 Å². The molecule has 0 fully saturated rings. The highest BCUT2D eigenvalue weighted by atomic mass is 15.1. The topological polar surface area (TPSA) is 28.7 Å². The van der Waals surface area contributed by atoms with E-state index in [0.717, 1.165) is 11.8 Å². The molecule has 0 aliphatic heterocycles. The van der Waals surface area contributed by atoms with Crippen LogP contribution < -0.4 is 0 Å². The smallest absolute Gasteiger partial charge is 0.0487 e. The van der Waals surface area contributed by atoms with Crippen molar-refractivity contribution in [2.45, 2.75) is 27.7 Å². The largest absolute Gasteiger partial charge is 0.286 e.